The molecule has 10 heteroatoms. The van der Waals surface area contributed by atoms with Gasteiger partial charge in [-0.25, -0.2) is 4.98 Å². The third-order valence-electron chi connectivity index (χ3n) is 3.73. The molecular formula is C14H17BrN4O4S. The molecule has 1 unspecified atom stereocenters. The summed E-state index contributed by atoms with van der Waals surface area (Å²) in [7, 11) is -3.81. The molecule has 0 bridgehead atoms. The van der Waals surface area contributed by atoms with Gasteiger partial charge in [0.1, 0.15) is 10.7 Å². The van der Waals surface area contributed by atoms with Gasteiger partial charge in [0.2, 0.25) is 5.91 Å². The normalized spacial score (nSPS) is 21.5. The number of hydrogen-bond acceptors (Lipinski definition) is 6. The highest BCUT2D eigenvalue weighted by Gasteiger charge is 2.26. The molecule has 0 radical (unpaired) electrons. The second kappa shape index (κ2) is 7.16. The maximum absolute atomic E-state index is 12.2. The molecular weight excluding hydrogens is 400 g/mol. The van der Waals surface area contributed by atoms with Gasteiger partial charge in [-0.05, 0) is 34.8 Å². The quantitative estimate of drug-likeness (QED) is 0.750. The molecule has 2 N–H and O–H groups in total. The second-order valence-corrected chi connectivity index (χ2v) is 8.07. The molecule has 130 valence electrons. The monoisotopic (exact) mass is 416 g/mol. The van der Waals surface area contributed by atoms with Crippen molar-refractivity contribution in [1.82, 2.24) is 10.3 Å². The van der Waals surface area contributed by atoms with E-state index < -0.39 is 10.0 Å². The minimum absolute atomic E-state index is 0.0171. The number of anilines is 1. The molecule has 0 spiro atoms. The van der Waals surface area contributed by atoms with Gasteiger partial charge in [0, 0.05) is 36.7 Å². The molecule has 1 fully saturated rings. The predicted octanol–water partition coefficient (Wildman–Crippen LogP) is 1.43. The van der Waals surface area contributed by atoms with Gasteiger partial charge in [0.05, 0.1) is 6.10 Å². The maximum atomic E-state index is 12.2. The summed E-state index contributed by atoms with van der Waals surface area (Å²) in [5.74, 6) is 0.273. The molecule has 1 aromatic rings. The smallest absolute Gasteiger partial charge is 0.287 e. The SMILES string of the molecule is O=C(CCC1=NS(=O)(=O)c2cc(Br)cnc2N1)NCC1CCCO1. The zero-order valence-electron chi connectivity index (χ0n) is 12.8. The number of nitrogens with zero attached hydrogens (tertiary/aromatic N) is 2. The van der Waals surface area contributed by atoms with Gasteiger partial charge in [-0.2, -0.15) is 8.42 Å². The Morgan fingerprint density at radius 1 is 1.50 bits per heavy atom. The highest BCUT2D eigenvalue weighted by molar-refractivity contribution is 9.10. The Morgan fingerprint density at radius 3 is 3.08 bits per heavy atom. The minimum atomic E-state index is -3.81. The van der Waals surface area contributed by atoms with Gasteiger partial charge in [-0.15, -0.1) is 4.40 Å². The van der Waals surface area contributed by atoms with Crippen LogP contribution in [-0.2, 0) is 19.6 Å². The molecule has 1 aromatic heterocycles. The van der Waals surface area contributed by atoms with Crippen molar-refractivity contribution < 1.29 is 17.9 Å². The van der Waals surface area contributed by atoms with Crippen molar-refractivity contribution in [2.45, 2.75) is 36.7 Å². The van der Waals surface area contributed by atoms with E-state index in [4.69, 9.17) is 4.74 Å². The first-order valence-corrected chi connectivity index (χ1v) is 9.82. The lowest BCUT2D eigenvalue weighted by atomic mass is 10.2. The van der Waals surface area contributed by atoms with Gasteiger partial charge in [0.25, 0.3) is 10.0 Å². The summed E-state index contributed by atoms with van der Waals surface area (Å²) in [6, 6.07) is 1.44. The van der Waals surface area contributed by atoms with E-state index in [1.165, 1.54) is 12.3 Å². The molecule has 3 rings (SSSR count). The highest BCUT2D eigenvalue weighted by atomic mass is 79.9. The van der Waals surface area contributed by atoms with E-state index >= 15 is 0 Å². The van der Waals surface area contributed by atoms with Crippen LogP contribution in [-0.4, -0.2) is 44.4 Å². The van der Waals surface area contributed by atoms with Crippen LogP contribution in [0.25, 0.3) is 0 Å². The summed E-state index contributed by atoms with van der Waals surface area (Å²) >= 11 is 3.19. The summed E-state index contributed by atoms with van der Waals surface area (Å²) in [5, 5.41) is 5.66. The van der Waals surface area contributed by atoms with Crippen molar-refractivity contribution in [2.24, 2.45) is 4.40 Å². The molecule has 24 heavy (non-hydrogen) atoms. The fraction of sp³-hybridized carbons (Fsp3) is 0.500. The van der Waals surface area contributed by atoms with Crippen LogP contribution in [0.4, 0.5) is 5.82 Å². The van der Waals surface area contributed by atoms with Crippen molar-refractivity contribution in [2.75, 3.05) is 18.5 Å². The topological polar surface area (TPSA) is 110 Å². The minimum Gasteiger partial charge on any atom is -0.376 e. The first-order valence-electron chi connectivity index (χ1n) is 7.59. The summed E-state index contributed by atoms with van der Waals surface area (Å²) in [6.45, 7) is 1.22. The number of carbonyl (C=O) groups excluding carboxylic acids is 1. The number of hydrogen-bond donors (Lipinski definition) is 2. The van der Waals surface area contributed by atoms with Gasteiger partial charge < -0.3 is 15.4 Å². The lowest BCUT2D eigenvalue weighted by Crippen LogP contribution is -2.32. The number of amidine groups is 1. The summed E-state index contributed by atoms with van der Waals surface area (Å²) in [5.41, 5.74) is 0. The van der Waals surface area contributed by atoms with Crippen molar-refractivity contribution >= 4 is 43.5 Å². The number of halogens is 1. The van der Waals surface area contributed by atoms with Crippen LogP contribution in [0.3, 0.4) is 0 Å². The molecule has 2 aliphatic rings. The fourth-order valence-electron chi connectivity index (χ4n) is 2.53. The highest BCUT2D eigenvalue weighted by Crippen LogP contribution is 2.28. The Hall–Kier alpha value is -1.52. The Balaban J connectivity index is 1.57. The molecule has 1 atom stereocenters. The zero-order chi connectivity index (χ0) is 17.2. The van der Waals surface area contributed by atoms with E-state index in [1.807, 2.05) is 0 Å². The third kappa shape index (κ3) is 4.11. The van der Waals surface area contributed by atoms with Crippen molar-refractivity contribution in [3.8, 4) is 0 Å². The average Bonchev–Trinajstić information content (AvgIpc) is 3.05. The molecule has 0 saturated carbocycles. The fourth-order valence-corrected chi connectivity index (χ4v) is 4.16. The number of fused-ring (bicyclic) bond motifs is 1. The van der Waals surface area contributed by atoms with Crippen molar-refractivity contribution in [1.29, 1.82) is 0 Å². The Labute approximate surface area is 148 Å². The largest absolute Gasteiger partial charge is 0.376 e. The lowest BCUT2D eigenvalue weighted by molar-refractivity contribution is -0.121. The van der Waals surface area contributed by atoms with Gasteiger partial charge in [0.15, 0.2) is 5.82 Å². The standard InChI is InChI=1S/C14H17BrN4O4S/c15-9-6-11-14(17-7-9)18-12(19-24(11,21)22)3-4-13(20)16-8-10-2-1-5-23-10/h6-7,10H,1-5,8H2,(H,16,20)(H,17,18,19). The van der Waals surface area contributed by atoms with E-state index in [0.717, 1.165) is 19.4 Å². The van der Waals surface area contributed by atoms with Crippen LogP contribution in [0, 0.1) is 0 Å². The van der Waals surface area contributed by atoms with Gasteiger partial charge in [-0.1, -0.05) is 0 Å². The molecule has 0 aliphatic carbocycles. The molecule has 0 aromatic carbocycles. The van der Waals surface area contributed by atoms with Crippen LogP contribution in [0.1, 0.15) is 25.7 Å². The molecule has 3 heterocycles. The third-order valence-corrected chi connectivity index (χ3v) is 5.49. The number of carbonyl (C=O) groups is 1. The number of nitrogens with one attached hydrogen (secondary N) is 2. The van der Waals surface area contributed by atoms with Crippen LogP contribution < -0.4 is 10.6 Å². The molecule has 1 amide bonds. The number of pyridine rings is 1. The first-order chi connectivity index (χ1) is 11.4. The second-order valence-electron chi connectivity index (χ2n) is 5.58. The molecule has 1 saturated heterocycles. The Kier molecular flexibility index (Phi) is 5.16. The van der Waals surface area contributed by atoms with Gasteiger partial charge >= 0.3 is 0 Å². The van der Waals surface area contributed by atoms with E-state index in [1.54, 1.807) is 0 Å². The zero-order valence-corrected chi connectivity index (χ0v) is 15.2. The average molecular weight is 417 g/mol. The van der Waals surface area contributed by atoms with E-state index in [-0.39, 0.29) is 41.4 Å². The summed E-state index contributed by atoms with van der Waals surface area (Å²) in [6.07, 6.45) is 3.87. The molecule has 8 nitrogen and oxygen atoms in total. The van der Waals surface area contributed by atoms with Crippen LogP contribution in [0.15, 0.2) is 26.0 Å². The van der Waals surface area contributed by atoms with Crippen LogP contribution in [0.5, 0.6) is 0 Å². The number of amides is 1. The van der Waals surface area contributed by atoms with Crippen molar-refractivity contribution in [3.05, 3.63) is 16.7 Å². The van der Waals surface area contributed by atoms with Crippen LogP contribution in [0.2, 0.25) is 0 Å². The van der Waals surface area contributed by atoms with Crippen LogP contribution >= 0.6 is 15.9 Å². The number of ether oxygens (including phenoxy) is 1. The Bertz CT molecular complexity index is 775. The maximum Gasteiger partial charge on any atom is 0.287 e. The predicted molar refractivity (Wildman–Crippen MR) is 91.4 cm³/mol. The van der Waals surface area contributed by atoms with Gasteiger partial charge in [-0.3, -0.25) is 4.79 Å². The Morgan fingerprint density at radius 2 is 2.33 bits per heavy atom. The summed E-state index contributed by atoms with van der Waals surface area (Å²) < 4.78 is 34.1. The first kappa shape index (κ1) is 17.3. The number of aromatic nitrogens is 1. The summed E-state index contributed by atoms with van der Waals surface area (Å²) in [4.78, 5) is 15.9. The van der Waals surface area contributed by atoms with E-state index in [2.05, 4.69) is 35.9 Å². The molecule has 2 aliphatic heterocycles. The number of rotatable bonds is 5. The lowest BCUT2D eigenvalue weighted by Gasteiger charge is -2.17. The number of sulfonamides is 1. The van der Waals surface area contributed by atoms with E-state index in [9.17, 15) is 13.2 Å². The van der Waals surface area contributed by atoms with Crippen molar-refractivity contribution in [3.63, 3.8) is 0 Å². The van der Waals surface area contributed by atoms with E-state index in [0.29, 0.717) is 11.0 Å².